The SMILES string of the molecule is Cc1noc(CN2C(=O)C(NC(=O)c3cc4cc(Cl)sc4[nH]3)Cc3ccccc32)n1. The van der Waals surface area contributed by atoms with Crippen LogP contribution in [0.2, 0.25) is 4.34 Å². The van der Waals surface area contributed by atoms with Gasteiger partial charge in [0.1, 0.15) is 23.1 Å². The van der Waals surface area contributed by atoms with Crippen molar-refractivity contribution in [2.24, 2.45) is 0 Å². The Kier molecular flexibility index (Phi) is 4.56. The van der Waals surface area contributed by atoms with Gasteiger partial charge in [-0.1, -0.05) is 35.0 Å². The summed E-state index contributed by atoms with van der Waals surface area (Å²) in [6, 6.07) is 10.4. The highest BCUT2D eigenvalue weighted by Gasteiger charge is 2.35. The molecule has 4 aromatic rings. The fourth-order valence-electron chi connectivity index (χ4n) is 3.63. The summed E-state index contributed by atoms with van der Waals surface area (Å²) in [5.74, 6) is 0.263. The fourth-order valence-corrected chi connectivity index (χ4v) is 4.75. The topological polar surface area (TPSA) is 104 Å². The summed E-state index contributed by atoms with van der Waals surface area (Å²) in [6.07, 6.45) is 0.404. The quantitative estimate of drug-likeness (QED) is 0.504. The molecule has 1 aromatic carbocycles. The van der Waals surface area contributed by atoms with Crippen LogP contribution in [-0.4, -0.2) is 33.0 Å². The molecule has 30 heavy (non-hydrogen) atoms. The van der Waals surface area contributed by atoms with E-state index in [1.165, 1.54) is 11.3 Å². The Balaban J connectivity index is 1.41. The lowest BCUT2D eigenvalue weighted by molar-refractivity contribution is -0.121. The number of halogens is 1. The Morgan fingerprint density at radius 1 is 1.40 bits per heavy atom. The van der Waals surface area contributed by atoms with Crippen molar-refractivity contribution in [3.63, 3.8) is 0 Å². The van der Waals surface area contributed by atoms with Crippen LogP contribution in [0, 0.1) is 6.92 Å². The van der Waals surface area contributed by atoms with Crippen LogP contribution in [0.4, 0.5) is 5.69 Å². The van der Waals surface area contributed by atoms with E-state index in [4.69, 9.17) is 16.1 Å². The van der Waals surface area contributed by atoms with Gasteiger partial charge in [-0.05, 0) is 30.7 Å². The molecule has 1 aliphatic rings. The van der Waals surface area contributed by atoms with Crippen molar-refractivity contribution in [3.05, 3.63) is 63.7 Å². The van der Waals surface area contributed by atoms with Gasteiger partial charge in [0.05, 0.1) is 4.34 Å². The molecule has 8 nitrogen and oxygen atoms in total. The number of carbonyl (C=O) groups excluding carboxylic acids is 2. The molecule has 0 fully saturated rings. The normalized spacial score (nSPS) is 16.1. The minimum atomic E-state index is -0.707. The minimum absolute atomic E-state index is 0.139. The van der Waals surface area contributed by atoms with Crippen molar-refractivity contribution in [1.82, 2.24) is 20.4 Å². The standard InChI is InChI=1S/C20H16ClN5O3S/c1-10-22-17(29-25-10)9-26-15-5-3-2-4-11(15)6-14(20(26)28)23-18(27)13-7-12-8-16(21)30-19(12)24-13/h2-5,7-8,14,24H,6,9H2,1H3,(H,23,27). The number of H-pyrrole nitrogens is 1. The number of fused-ring (bicyclic) bond motifs is 2. The van der Waals surface area contributed by atoms with E-state index in [9.17, 15) is 9.59 Å². The molecule has 0 spiro atoms. The number of nitrogens with one attached hydrogen (secondary N) is 2. The molecule has 2 N–H and O–H groups in total. The van der Waals surface area contributed by atoms with E-state index in [-0.39, 0.29) is 18.4 Å². The molecule has 2 amide bonds. The van der Waals surface area contributed by atoms with Gasteiger partial charge in [-0.2, -0.15) is 4.98 Å². The maximum Gasteiger partial charge on any atom is 0.268 e. The lowest BCUT2D eigenvalue weighted by Crippen LogP contribution is -2.52. The molecular weight excluding hydrogens is 426 g/mol. The molecule has 0 radical (unpaired) electrons. The third kappa shape index (κ3) is 3.35. The van der Waals surface area contributed by atoms with Crippen molar-refractivity contribution in [3.8, 4) is 0 Å². The Labute approximate surface area is 179 Å². The first kappa shape index (κ1) is 18.8. The summed E-state index contributed by atoms with van der Waals surface area (Å²) in [5, 5.41) is 7.51. The highest BCUT2D eigenvalue weighted by atomic mass is 35.5. The first-order valence-corrected chi connectivity index (χ1v) is 10.4. The second kappa shape index (κ2) is 7.26. The lowest BCUT2D eigenvalue weighted by Gasteiger charge is -2.33. The molecule has 0 saturated carbocycles. The third-order valence-electron chi connectivity index (χ3n) is 4.96. The molecule has 5 rings (SSSR count). The zero-order valence-electron chi connectivity index (χ0n) is 15.8. The molecule has 1 atom stereocenters. The zero-order chi connectivity index (χ0) is 20.8. The summed E-state index contributed by atoms with van der Waals surface area (Å²) < 4.78 is 5.84. The van der Waals surface area contributed by atoms with Gasteiger partial charge in [0.25, 0.3) is 5.91 Å². The van der Waals surface area contributed by atoms with Gasteiger partial charge in [0, 0.05) is 17.5 Å². The van der Waals surface area contributed by atoms with Gasteiger partial charge in [-0.3, -0.25) is 9.59 Å². The molecule has 0 bridgehead atoms. The Morgan fingerprint density at radius 2 is 2.23 bits per heavy atom. The number of carbonyl (C=O) groups is 2. The van der Waals surface area contributed by atoms with Crippen LogP contribution in [-0.2, 0) is 17.8 Å². The van der Waals surface area contributed by atoms with Crippen LogP contribution in [0.5, 0.6) is 0 Å². The number of anilines is 1. The molecule has 1 aliphatic heterocycles. The first-order chi connectivity index (χ1) is 14.5. The fraction of sp³-hybridized carbons (Fsp3) is 0.200. The molecule has 1 unspecified atom stereocenters. The van der Waals surface area contributed by atoms with Crippen molar-refractivity contribution < 1.29 is 14.1 Å². The maximum atomic E-state index is 13.2. The number of hydrogen-bond acceptors (Lipinski definition) is 6. The molecular formula is C20H16ClN5O3S. The summed E-state index contributed by atoms with van der Waals surface area (Å²) in [4.78, 5) is 35.7. The van der Waals surface area contributed by atoms with Crippen molar-refractivity contribution >= 4 is 50.7 Å². The number of hydrogen-bond donors (Lipinski definition) is 2. The van der Waals surface area contributed by atoms with E-state index in [0.29, 0.717) is 28.2 Å². The number of thiophene rings is 1. The van der Waals surface area contributed by atoms with E-state index in [0.717, 1.165) is 21.5 Å². The average molecular weight is 442 g/mol. The lowest BCUT2D eigenvalue weighted by atomic mass is 9.97. The smallest absolute Gasteiger partial charge is 0.268 e. The molecule has 3 aromatic heterocycles. The predicted octanol–water partition coefficient (Wildman–Crippen LogP) is 3.46. The van der Waals surface area contributed by atoms with Crippen molar-refractivity contribution in [2.45, 2.75) is 25.9 Å². The van der Waals surface area contributed by atoms with E-state index in [1.807, 2.05) is 24.3 Å². The van der Waals surface area contributed by atoms with Crippen LogP contribution in [0.1, 0.15) is 27.8 Å². The average Bonchev–Trinajstić information content (AvgIpc) is 3.39. The maximum absolute atomic E-state index is 13.2. The van der Waals surface area contributed by atoms with E-state index in [1.54, 1.807) is 24.0 Å². The van der Waals surface area contributed by atoms with Gasteiger partial charge in [-0.25, -0.2) is 0 Å². The van der Waals surface area contributed by atoms with Gasteiger partial charge in [0.15, 0.2) is 5.82 Å². The van der Waals surface area contributed by atoms with Crippen LogP contribution >= 0.6 is 22.9 Å². The van der Waals surface area contributed by atoms with Crippen molar-refractivity contribution in [1.29, 1.82) is 0 Å². The van der Waals surface area contributed by atoms with E-state index in [2.05, 4.69) is 20.4 Å². The van der Waals surface area contributed by atoms with Gasteiger partial charge < -0.3 is 19.7 Å². The first-order valence-electron chi connectivity index (χ1n) is 9.25. The molecule has 4 heterocycles. The van der Waals surface area contributed by atoms with Gasteiger partial charge in [-0.15, -0.1) is 11.3 Å². The van der Waals surface area contributed by atoms with Crippen LogP contribution in [0.15, 0.2) is 40.9 Å². The van der Waals surface area contributed by atoms with E-state index < -0.39 is 6.04 Å². The molecule has 152 valence electrons. The second-order valence-corrected chi connectivity index (χ2v) is 8.72. The summed E-state index contributed by atoms with van der Waals surface area (Å²) in [6.45, 7) is 1.86. The number of aromatic nitrogens is 3. The largest absolute Gasteiger partial charge is 0.342 e. The Bertz CT molecular complexity index is 1240. The Hall–Kier alpha value is -3.17. The number of rotatable bonds is 4. The third-order valence-corrected chi connectivity index (χ3v) is 6.16. The van der Waals surface area contributed by atoms with Gasteiger partial charge >= 0.3 is 0 Å². The van der Waals surface area contributed by atoms with E-state index >= 15 is 0 Å². The van der Waals surface area contributed by atoms with Crippen LogP contribution < -0.4 is 10.2 Å². The van der Waals surface area contributed by atoms with Gasteiger partial charge in [0.2, 0.25) is 11.8 Å². The summed E-state index contributed by atoms with van der Waals surface area (Å²) in [5.41, 5.74) is 2.12. The number of aromatic amines is 1. The van der Waals surface area contributed by atoms with Crippen LogP contribution in [0.25, 0.3) is 10.2 Å². The highest BCUT2D eigenvalue weighted by Crippen LogP contribution is 2.31. The summed E-state index contributed by atoms with van der Waals surface area (Å²) in [7, 11) is 0. The number of benzene rings is 1. The molecule has 0 saturated heterocycles. The number of nitrogens with zero attached hydrogens (tertiary/aromatic N) is 3. The van der Waals surface area contributed by atoms with Crippen molar-refractivity contribution in [2.75, 3.05) is 4.90 Å². The van der Waals surface area contributed by atoms with Crippen LogP contribution in [0.3, 0.4) is 0 Å². The Morgan fingerprint density at radius 3 is 3.00 bits per heavy atom. The predicted molar refractivity (Wildman–Crippen MR) is 113 cm³/mol. The monoisotopic (exact) mass is 441 g/mol. The molecule has 10 heteroatoms. The minimum Gasteiger partial charge on any atom is -0.342 e. The number of amides is 2. The summed E-state index contributed by atoms with van der Waals surface area (Å²) >= 11 is 7.36. The molecule has 0 aliphatic carbocycles. The number of aryl methyl sites for hydroxylation is 1. The zero-order valence-corrected chi connectivity index (χ0v) is 17.4. The number of para-hydroxylation sites is 1. The highest BCUT2D eigenvalue weighted by molar-refractivity contribution is 7.22. The second-order valence-electron chi connectivity index (χ2n) is 7.04.